The molecule has 6 heteroatoms. The molecule has 0 radical (unpaired) electrons. The van der Waals surface area contributed by atoms with Gasteiger partial charge in [-0.1, -0.05) is 0 Å². The first-order valence-corrected chi connectivity index (χ1v) is 7.45. The van der Waals surface area contributed by atoms with Crippen LogP contribution < -0.4 is 10.1 Å². The summed E-state index contributed by atoms with van der Waals surface area (Å²) in [6, 6.07) is 13.2. The molecule has 0 spiro atoms. The van der Waals surface area contributed by atoms with E-state index < -0.39 is 5.97 Å². The molecule has 0 aliphatic heterocycles. The molecular formula is C19H14N2O4. The van der Waals surface area contributed by atoms with E-state index >= 15 is 0 Å². The zero-order chi connectivity index (χ0) is 17.5. The van der Waals surface area contributed by atoms with Crippen molar-refractivity contribution in [1.82, 2.24) is 4.98 Å². The number of benzene rings is 1. The van der Waals surface area contributed by atoms with Gasteiger partial charge in [-0.3, -0.25) is 9.78 Å². The number of ether oxygens (including phenoxy) is 1. The maximum absolute atomic E-state index is 12.1. The molecule has 3 aromatic rings. The van der Waals surface area contributed by atoms with Gasteiger partial charge in [0.25, 0.3) is 5.91 Å². The highest BCUT2D eigenvalue weighted by Crippen LogP contribution is 2.14. The number of amides is 1. The summed E-state index contributed by atoms with van der Waals surface area (Å²) in [5.74, 6) is 0.0824. The van der Waals surface area contributed by atoms with E-state index in [1.807, 2.05) is 0 Å². The Kier molecular flexibility index (Phi) is 5.01. The highest BCUT2D eigenvalue weighted by Gasteiger charge is 2.07. The van der Waals surface area contributed by atoms with Crippen molar-refractivity contribution < 1.29 is 18.7 Å². The summed E-state index contributed by atoms with van der Waals surface area (Å²) in [7, 11) is 0. The summed E-state index contributed by atoms with van der Waals surface area (Å²) in [6.45, 7) is 0. The second-order valence-electron chi connectivity index (χ2n) is 4.99. The highest BCUT2D eigenvalue weighted by atomic mass is 16.5. The average molecular weight is 334 g/mol. The minimum Gasteiger partial charge on any atom is -0.465 e. The summed E-state index contributed by atoms with van der Waals surface area (Å²) < 4.78 is 10.2. The van der Waals surface area contributed by atoms with Crippen LogP contribution in [0.3, 0.4) is 0 Å². The standard InChI is InChI=1S/C19H14N2O4/c22-18(10-9-16-4-2-12-24-16)25-17-7-5-14(6-8-17)19(23)21-15-3-1-11-20-13-15/h1-13H,(H,21,23)/b10-9+. The Morgan fingerprint density at radius 3 is 2.60 bits per heavy atom. The SMILES string of the molecule is O=C(/C=C/c1ccco1)Oc1ccc(C(=O)Nc2cccnc2)cc1. The molecule has 3 rings (SSSR count). The number of rotatable bonds is 5. The van der Waals surface area contributed by atoms with Crippen LogP contribution in [0.4, 0.5) is 5.69 Å². The van der Waals surface area contributed by atoms with Gasteiger partial charge in [-0.2, -0.15) is 0 Å². The summed E-state index contributed by atoms with van der Waals surface area (Å²) in [6.07, 6.45) is 7.47. The smallest absolute Gasteiger partial charge is 0.336 e. The lowest BCUT2D eigenvalue weighted by Crippen LogP contribution is -2.12. The maximum Gasteiger partial charge on any atom is 0.336 e. The molecule has 2 heterocycles. The molecule has 0 bridgehead atoms. The van der Waals surface area contributed by atoms with E-state index in [1.165, 1.54) is 18.4 Å². The molecule has 0 aliphatic rings. The van der Waals surface area contributed by atoms with Gasteiger partial charge in [-0.05, 0) is 54.6 Å². The van der Waals surface area contributed by atoms with Gasteiger partial charge in [0.15, 0.2) is 0 Å². The summed E-state index contributed by atoms with van der Waals surface area (Å²) >= 11 is 0. The van der Waals surface area contributed by atoms with E-state index in [1.54, 1.807) is 60.9 Å². The number of nitrogens with zero attached hydrogens (tertiary/aromatic N) is 1. The molecule has 0 fully saturated rings. The average Bonchev–Trinajstić information content (AvgIpc) is 3.15. The van der Waals surface area contributed by atoms with Crippen molar-refractivity contribution in [2.24, 2.45) is 0 Å². The molecule has 0 unspecified atom stereocenters. The van der Waals surface area contributed by atoms with E-state index in [9.17, 15) is 9.59 Å². The monoisotopic (exact) mass is 334 g/mol. The predicted molar refractivity (Wildman–Crippen MR) is 92.0 cm³/mol. The molecule has 1 aromatic carbocycles. The first-order chi connectivity index (χ1) is 12.2. The number of aromatic nitrogens is 1. The minimum absolute atomic E-state index is 0.274. The molecule has 1 amide bonds. The maximum atomic E-state index is 12.1. The van der Waals surface area contributed by atoms with Crippen LogP contribution in [0.1, 0.15) is 16.1 Å². The van der Waals surface area contributed by atoms with E-state index in [0.29, 0.717) is 22.8 Å². The zero-order valence-corrected chi connectivity index (χ0v) is 13.1. The second kappa shape index (κ2) is 7.74. The Bertz CT molecular complexity index is 870. The van der Waals surface area contributed by atoms with Gasteiger partial charge in [0.1, 0.15) is 11.5 Å². The number of nitrogens with one attached hydrogen (secondary N) is 1. The number of hydrogen-bond donors (Lipinski definition) is 1. The fourth-order valence-corrected chi connectivity index (χ4v) is 2.00. The van der Waals surface area contributed by atoms with Gasteiger partial charge in [-0.15, -0.1) is 0 Å². The third-order valence-electron chi connectivity index (χ3n) is 3.18. The van der Waals surface area contributed by atoms with Crippen molar-refractivity contribution in [1.29, 1.82) is 0 Å². The van der Waals surface area contributed by atoms with Gasteiger partial charge in [0.2, 0.25) is 0 Å². The van der Waals surface area contributed by atoms with Crippen LogP contribution in [0, 0.1) is 0 Å². The van der Waals surface area contributed by atoms with E-state index in [-0.39, 0.29) is 5.91 Å². The molecule has 1 N–H and O–H groups in total. The number of pyridine rings is 1. The van der Waals surface area contributed by atoms with Gasteiger partial charge < -0.3 is 14.5 Å². The molecule has 0 saturated carbocycles. The Hall–Kier alpha value is -3.67. The number of anilines is 1. The van der Waals surface area contributed by atoms with Crippen LogP contribution in [-0.2, 0) is 4.79 Å². The Morgan fingerprint density at radius 2 is 1.92 bits per heavy atom. The van der Waals surface area contributed by atoms with Crippen LogP contribution in [-0.4, -0.2) is 16.9 Å². The van der Waals surface area contributed by atoms with Crippen molar-refractivity contribution in [2.45, 2.75) is 0 Å². The molecule has 0 saturated heterocycles. The molecule has 124 valence electrons. The van der Waals surface area contributed by atoms with Crippen LogP contribution in [0.15, 0.2) is 77.7 Å². The lowest BCUT2D eigenvalue weighted by atomic mass is 10.2. The normalized spacial score (nSPS) is 10.6. The lowest BCUT2D eigenvalue weighted by Gasteiger charge is -2.05. The van der Waals surface area contributed by atoms with Crippen LogP contribution in [0.5, 0.6) is 5.75 Å². The highest BCUT2D eigenvalue weighted by molar-refractivity contribution is 6.04. The van der Waals surface area contributed by atoms with Crippen molar-refractivity contribution in [3.05, 3.63) is 84.6 Å². The molecular weight excluding hydrogens is 320 g/mol. The third kappa shape index (κ3) is 4.65. The Morgan fingerprint density at radius 1 is 1.08 bits per heavy atom. The lowest BCUT2D eigenvalue weighted by molar-refractivity contribution is -0.128. The van der Waals surface area contributed by atoms with Crippen LogP contribution in [0.25, 0.3) is 6.08 Å². The molecule has 25 heavy (non-hydrogen) atoms. The first kappa shape index (κ1) is 16.2. The summed E-state index contributed by atoms with van der Waals surface area (Å²) in [5, 5.41) is 2.72. The fraction of sp³-hybridized carbons (Fsp3) is 0. The van der Waals surface area contributed by atoms with E-state index in [4.69, 9.17) is 9.15 Å². The largest absolute Gasteiger partial charge is 0.465 e. The van der Waals surface area contributed by atoms with Gasteiger partial charge >= 0.3 is 5.97 Å². The van der Waals surface area contributed by atoms with Crippen molar-refractivity contribution in [3.8, 4) is 5.75 Å². The molecule has 6 nitrogen and oxygen atoms in total. The quantitative estimate of drug-likeness (QED) is 0.438. The Labute approximate surface area is 143 Å². The second-order valence-corrected chi connectivity index (χ2v) is 4.99. The fourth-order valence-electron chi connectivity index (χ4n) is 2.00. The minimum atomic E-state index is -0.538. The number of hydrogen-bond acceptors (Lipinski definition) is 5. The number of carbonyl (C=O) groups is 2. The van der Waals surface area contributed by atoms with Crippen molar-refractivity contribution in [2.75, 3.05) is 5.32 Å². The van der Waals surface area contributed by atoms with E-state index in [0.717, 1.165) is 0 Å². The zero-order valence-electron chi connectivity index (χ0n) is 13.1. The summed E-state index contributed by atoms with van der Waals surface area (Å²) in [5.41, 5.74) is 1.04. The molecule has 0 aliphatic carbocycles. The van der Waals surface area contributed by atoms with Gasteiger partial charge in [0, 0.05) is 17.8 Å². The van der Waals surface area contributed by atoms with Gasteiger partial charge in [-0.25, -0.2) is 4.79 Å². The molecule has 0 atom stereocenters. The number of furan rings is 1. The third-order valence-corrected chi connectivity index (χ3v) is 3.18. The van der Waals surface area contributed by atoms with Gasteiger partial charge in [0.05, 0.1) is 18.1 Å². The Balaban J connectivity index is 1.58. The molecule has 2 aromatic heterocycles. The summed E-state index contributed by atoms with van der Waals surface area (Å²) in [4.78, 5) is 27.8. The van der Waals surface area contributed by atoms with Crippen molar-refractivity contribution >= 4 is 23.6 Å². The number of esters is 1. The van der Waals surface area contributed by atoms with Crippen LogP contribution >= 0.6 is 0 Å². The van der Waals surface area contributed by atoms with Crippen molar-refractivity contribution in [3.63, 3.8) is 0 Å². The number of carbonyl (C=O) groups excluding carboxylic acids is 2. The predicted octanol–water partition coefficient (Wildman–Crippen LogP) is 3.55. The van der Waals surface area contributed by atoms with E-state index in [2.05, 4.69) is 10.3 Å². The first-order valence-electron chi connectivity index (χ1n) is 7.45. The van der Waals surface area contributed by atoms with Crippen LogP contribution in [0.2, 0.25) is 0 Å². The topological polar surface area (TPSA) is 81.4 Å².